The number of furan rings is 1. The van der Waals surface area contributed by atoms with E-state index in [2.05, 4.69) is 263 Å². The molecular weight excluding hydrogens is 875 g/mol. The summed E-state index contributed by atoms with van der Waals surface area (Å²) in [5, 5.41) is 7.29. The number of aromatic nitrogens is 2. The van der Waals surface area contributed by atoms with E-state index in [4.69, 9.17) is 4.42 Å². The summed E-state index contributed by atoms with van der Waals surface area (Å²) in [7, 11) is 0. The standard InChI is InChI=1S/C66H43N3O.C2H6/c1-6-25-61-55(18-1)56-19-2-7-26-62(56)68(61)52-16-11-14-47(42-52)44-30-36-49(37-31-44)67(51-40-34-46(35-41-51)54-23-13-24-60-59-22-5-10-29-65(59)70-66(54)60)50-38-32-45(33-39-50)48-15-12-17-53(43-48)69-63-27-8-3-20-57(63)58-21-4-9-28-64(58)69;1-2/h1-43H;1-2H3. The molecule has 11 aromatic carbocycles. The van der Waals surface area contributed by atoms with Crippen molar-refractivity contribution in [3.63, 3.8) is 0 Å². The van der Waals surface area contributed by atoms with Crippen molar-refractivity contribution in [2.75, 3.05) is 4.90 Å². The predicted molar refractivity (Wildman–Crippen MR) is 305 cm³/mol. The Bertz CT molecular complexity index is 3980. The van der Waals surface area contributed by atoms with Crippen LogP contribution >= 0.6 is 0 Å². The highest BCUT2D eigenvalue weighted by Crippen LogP contribution is 2.41. The molecule has 0 aliphatic heterocycles. The van der Waals surface area contributed by atoms with Gasteiger partial charge in [0.25, 0.3) is 0 Å². The van der Waals surface area contributed by atoms with Gasteiger partial charge in [0, 0.05) is 66.3 Å². The van der Waals surface area contributed by atoms with Gasteiger partial charge in [0.2, 0.25) is 0 Å². The fraction of sp³-hybridized carbons (Fsp3) is 0.0294. The van der Waals surface area contributed by atoms with Gasteiger partial charge in [0.05, 0.1) is 22.1 Å². The largest absolute Gasteiger partial charge is 0.455 e. The van der Waals surface area contributed by atoms with Crippen LogP contribution in [0.25, 0.3) is 110 Å². The minimum Gasteiger partial charge on any atom is -0.455 e. The van der Waals surface area contributed by atoms with Crippen molar-refractivity contribution in [2.24, 2.45) is 0 Å². The van der Waals surface area contributed by atoms with Gasteiger partial charge in [0.15, 0.2) is 0 Å². The summed E-state index contributed by atoms with van der Waals surface area (Å²) in [6.07, 6.45) is 0. The third-order valence-electron chi connectivity index (χ3n) is 14.1. The third-order valence-corrected chi connectivity index (χ3v) is 14.1. The topological polar surface area (TPSA) is 26.2 Å². The van der Waals surface area contributed by atoms with Gasteiger partial charge >= 0.3 is 0 Å². The smallest absolute Gasteiger partial charge is 0.143 e. The van der Waals surface area contributed by atoms with Crippen LogP contribution in [0.2, 0.25) is 0 Å². The summed E-state index contributed by atoms with van der Waals surface area (Å²) in [6, 6.07) is 94.1. The average Bonchev–Trinajstić information content (AvgIpc) is 4.13. The first-order valence-corrected chi connectivity index (χ1v) is 24.9. The first-order valence-electron chi connectivity index (χ1n) is 24.9. The lowest BCUT2D eigenvalue weighted by atomic mass is 10.0. The molecule has 4 heteroatoms. The number of rotatable bonds is 8. The molecule has 0 fully saturated rings. The Morgan fingerprint density at radius 3 is 1.10 bits per heavy atom. The maximum Gasteiger partial charge on any atom is 0.143 e. The summed E-state index contributed by atoms with van der Waals surface area (Å²) >= 11 is 0. The Labute approximate surface area is 418 Å². The zero-order valence-corrected chi connectivity index (χ0v) is 40.1. The molecule has 0 bridgehead atoms. The molecule has 0 amide bonds. The van der Waals surface area contributed by atoms with E-state index in [-0.39, 0.29) is 0 Å². The Hall–Kier alpha value is -9.38. The molecule has 0 aliphatic carbocycles. The van der Waals surface area contributed by atoms with E-state index >= 15 is 0 Å². The van der Waals surface area contributed by atoms with Gasteiger partial charge in [-0.1, -0.05) is 184 Å². The van der Waals surface area contributed by atoms with Gasteiger partial charge in [-0.05, 0) is 119 Å². The van der Waals surface area contributed by atoms with Gasteiger partial charge in [-0.15, -0.1) is 0 Å². The monoisotopic (exact) mass is 923 g/mol. The molecule has 0 radical (unpaired) electrons. The summed E-state index contributed by atoms with van der Waals surface area (Å²) in [5.74, 6) is 0. The number of para-hydroxylation sites is 6. The van der Waals surface area contributed by atoms with Crippen molar-refractivity contribution >= 4 is 82.6 Å². The molecule has 342 valence electrons. The van der Waals surface area contributed by atoms with Crippen molar-refractivity contribution in [1.29, 1.82) is 0 Å². The zero-order valence-electron chi connectivity index (χ0n) is 40.1. The second-order valence-electron chi connectivity index (χ2n) is 18.1. The Morgan fingerprint density at radius 1 is 0.292 bits per heavy atom. The molecule has 4 nitrogen and oxygen atoms in total. The van der Waals surface area contributed by atoms with Crippen molar-refractivity contribution in [2.45, 2.75) is 13.8 Å². The zero-order chi connectivity index (χ0) is 48.1. The number of hydrogen-bond donors (Lipinski definition) is 0. The number of fused-ring (bicyclic) bond motifs is 9. The van der Waals surface area contributed by atoms with E-state index in [0.29, 0.717) is 0 Å². The second-order valence-corrected chi connectivity index (χ2v) is 18.1. The van der Waals surface area contributed by atoms with Crippen molar-refractivity contribution in [3.05, 3.63) is 261 Å². The third kappa shape index (κ3) is 7.15. The Kier molecular flexibility index (Phi) is 10.6. The molecule has 0 saturated heterocycles. The van der Waals surface area contributed by atoms with Gasteiger partial charge in [0.1, 0.15) is 11.2 Å². The Balaban J connectivity index is 0.00000249. The minimum atomic E-state index is 0.900. The molecular formula is C68H49N3O. The molecule has 0 saturated carbocycles. The van der Waals surface area contributed by atoms with E-state index < -0.39 is 0 Å². The molecule has 0 atom stereocenters. The SMILES string of the molecule is CC.c1cc(-c2ccc(N(c3ccc(-c4cccc(-n5c6ccccc6c6ccccc65)c4)cc3)c3ccc(-c4cccc5c4oc4ccccc45)cc3)cc2)cc(-n2c3ccccc3c3ccccc32)c1. The fourth-order valence-corrected chi connectivity index (χ4v) is 10.9. The van der Waals surface area contributed by atoms with Gasteiger partial charge in [-0.25, -0.2) is 0 Å². The molecule has 0 spiro atoms. The van der Waals surface area contributed by atoms with E-state index in [1.165, 1.54) is 43.6 Å². The second kappa shape index (κ2) is 17.9. The summed E-state index contributed by atoms with van der Waals surface area (Å²) in [4.78, 5) is 2.35. The van der Waals surface area contributed by atoms with Crippen LogP contribution in [0.15, 0.2) is 265 Å². The van der Waals surface area contributed by atoms with Crippen molar-refractivity contribution in [3.8, 4) is 44.8 Å². The maximum atomic E-state index is 6.47. The van der Waals surface area contributed by atoms with E-state index in [1.807, 2.05) is 26.0 Å². The molecule has 72 heavy (non-hydrogen) atoms. The molecule has 0 N–H and O–H groups in total. The number of hydrogen-bond acceptors (Lipinski definition) is 2. The van der Waals surface area contributed by atoms with Crippen molar-refractivity contribution in [1.82, 2.24) is 9.13 Å². The van der Waals surface area contributed by atoms with Crippen LogP contribution in [0.1, 0.15) is 13.8 Å². The molecule has 0 aliphatic rings. The summed E-state index contributed by atoms with van der Waals surface area (Å²) in [6.45, 7) is 4.00. The quantitative estimate of drug-likeness (QED) is 0.152. The van der Waals surface area contributed by atoms with Crippen LogP contribution < -0.4 is 4.90 Å². The van der Waals surface area contributed by atoms with Gasteiger partial charge in [-0.3, -0.25) is 0 Å². The average molecular weight is 924 g/mol. The number of nitrogens with zero attached hydrogens (tertiary/aromatic N) is 3. The summed E-state index contributed by atoms with van der Waals surface area (Å²) in [5.41, 5.74) is 18.9. The van der Waals surface area contributed by atoms with E-state index in [0.717, 1.165) is 83.8 Å². The molecule has 3 aromatic heterocycles. The van der Waals surface area contributed by atoms with Gasteiger partial charge < -0.3 is 18.5 Å². The number of anilines is 3. The van der Waals surface area contributed by atoms with Crippen molar-refractivity contribution < 1.29 is 4.42 Å². The fourth-order valence-electron chi connectivity index (χ4n) is 10.9. The Morgan fingerprint density at radius 2 is 0.653 bits per heavy atom. The highest BCUT2D eigenvalue weighted by Gasteiger charge is 2.18. The van der Waals surface area contributed by atoms with Crippen LogP contribution in [-0.2, 0) is 0 Å². The molecule has 14 rings (SSSR count). The first kappa shape index (κ1) is 42.7. The van der Waals surface area contributed by atoms with Crippen LogP contribution in [0, 0.1) is 0 Å². The number of benzene rings is 11. The van der Waals surface area contributed by atoms with Crippen LogP contribution in [0.3, 0.4) is 0 Å². The lowest BCUT2D eigenvalue weighted by Crippen LogP contribution is -2.09. The predicted octanol–water partition coefficient (Wildman–Crippen LogP) is 19.3. The molecule has 14 aromatic rings. The lowest BCUT2D eigenvalue weighted by molar-refractivity contribution is 0.670. The van der Waals surface area contributed by atoms with E-state index in [9.17, 15) is 0 Å². The van der Waals surface area contributed by atoms with Crippen LogP contribution in [-0.4, -0.2) is 9.13 Å². The normalized spacial score (nSPS) is 11.5. The van der Waals surface area contributed by atoms with Crippen LogP contribution in [0.4, 0.5) is 17.1 Å². The molecule has 3 heterocycles. The van der Waals surface area contributed by atoms with E-state index in [1.54, 1.807) is 0 Å². The van der Waals surface area contributed by atoms with Gasteiger partial charge in [-0.2, -0.15) is 0 Å². The maximum absolute atomic E-state index is 6.47. The summed E-state index contributed by atoms with van der Waals surface area (Å²) < 4.78 is 11.2. The molecule has 0 unspecified atom stereocenters. The highest BCUT2D eigenvalue weighted by atomic mass is 16.3. The highest BCUT2D eigenvalue weighted by molar-refractivity contribution is 6.11. The lowest BCUT2D eigenvalue weighted by Gasteiger charge is -2.26. The minimum absolute atomic E-state index is 0.900. The van der Waals surface area contributed by atoms with Crippen LogP contribution in [0.5, 0.6) is 0 Å². The first-order chi connectivity index (χ1) is 35.7.